The number of aromatic nitrogens is 1. The third-order valence-corrected chi connectivity index (χ3v) is 5.17. The summed E-state index contributed by atoms with van der Waals surface area (Å²) in [6.45, 7) is 1.33. The molecule has 2 aliphatic heterocycles. The van der Waals surface area contributed by atoms with Crippen molar-refractivity contribution in [1.82, 2.24) is 9.47 Å². The number of urea groups is 1. The highest BCUT2D eigenvalue weighted by Crippen LogP contribution is 2.41. The zero-order valence-electron chi connectivity index (χ0n) is 14.0. The fourth-order valence-corrected chi connectivity index (χ4v) is 3.87. The predicted octanol–water partition coefficient (Wildman–Crippen LogP) is 3.04. The van der Waals surface area contributed by atoms with E-state index in [9.17, 15) is 13.6 Å². The van der Waals surface area contributed by atoms with E-state index in [-0.39, 0.29) is 24.0 Å². The number of ether oxygens (including phenoxy) is 2. The Balaban J connectivity index is 1.74. The summed E-state index contributed by atoms with van der Waals surface area (Å²) in [6.07, 6.45) is 0.00898. The maximum absolute atomic E-state index is 13.2. The average Bonchev–Trinajstić information content (AvgIpc) is 3.31. The maximum Gasteiger partial charge on any atom is 0.586 e. The van der Waals surface area contributed by atoms with Crippen LogP contribution >= 0.6 is 11.3 Å². The van der Waals surface area contributed by atoms with Gasteiger partial charge in [0.05, 0.1) is 18.2 Å². The highest BCUT2D eigenvalue weighted by atomic mass is 32.1. The summed E-state index contributed by atoms with van der Waals surface area (Å²) in [4.78, 5) is 19.3. The van der Waals surface area contributed by atoms with Gasteiger partial charge in [0.25, 0.3) is 0 Å². The van der Waals surface area contributed by atoms with Crippen molar-refractivity contribution >= 4 is 17.4 Å². The highest BCUT2D eigenvalue weighted by molar-refractivity contribution is 7.09. The molecule has 1 fully saturated rings. The molecule has 0 unspecified atom stereocenters. The maximum atomic E-state index is 13.2. The van der Waals surface area contributed by atoms with Gasteiger partial charge in [-0.15, -0.1) is 20.1 Å². The number of carbonyl (C=O) groups is 1. The zero-order chi connectivity index (χ0) is 19.0. The Bertz CT molecular complexity index is 1000. The van der Waals surface area contributed by atoms with Gasteiger partial charge < -0.3 is 14.4 Å². The van der Waals surface area contributed by atoms with Gasteiger partial charge in [0, 0.05) is 30.2 Å². The molecule has 0 bridgehead atoms. The Morgan fingerprint density at radius 2 is 2.04 bits per heavy atom. The van der Waals surface area contributed by atoms with Crippen LogP contribution in [0.15, 0.2) is 29.4 Å². The van der Waals surface area contributed by atoms with Crippen LogP contribution in [0.1, 0.15) is 17.7 Å². The first-order chi connectivity index (χ1) is 12.9. The Labute approximate surface area is 156 Å². The van der Waals surface area contributed by atoms with Crippen molar-refractivity contribution in [3.05, 3.63) is 34.1 Å². The van der Waals surface area contributed by atoms with Gasteiger partial charge in [0.1, 0.15) is 0 Å². The fourth-order valence-electron chi connectivity index (χ4n) is 2.96. The van der Waals surface area contributed by atoms with Crippen LogP contribution in [-0.4, -0.2) is 34.9 Å². The summed E-state index contributed by atoms with van der Waals surface area (Å²) in [5.41, 5.74) is 0.475. The lowest BCUT2D eigenvalue weighted by Crippen LogP contribution is -2.27. The summed E-state index contributed by atoms with van der Waals surface area (Å²) >= 11 is 1.21. The number of thiazole rings is 1. The van der Waals surface area contributed by atoms with Gasteiger partial charge >= 0.3 is 12.3 Å². The van der Waals surface area contributed by atoms with Gasteiger partial charge in [-0.1, -0.05) is 0 Å². The van der Waals surface area contributed by atoms with E-state index in [4.69, 9.17) is 5.26 Å². The molecule has 1 saturated heterocycles. The van der Waals surface area contributed by atoms with Crippen LogP contribution in [-0.2, 0) is 6.42 Å². The molecule has 0 aliphatic carbocycles. The molecule has 0 N–H and O–H groups in total. The number of benzene rings is 1. The molecule has 0 atom stereocenters. The minimum Gasteiger partial charge on any atom is -0.395 e. The number of nitrogens with zero attached hydrogens (tertiary/aromatic N) is 4. The largest absolute Gasteiger partial charge is 0.586 e. The molecule has 4 rings (SSSR count). The van der Waals surface area contributed by atoms with Crippen LogP contribution in [0.25, 0.3) is 5.69 Å². The van der Waals surface area contributed by atoms with E-state index in [0.29, 0.717) is 28.5 Å². The van der Waals surface area contributed by atoms with E-state index in [1.54, 1.807) is 21.7 Å². The van der Waals surface area contributed by atoms with Crippen LogP contribution in [0.5, 0.6) is 11.5 Å². The van der Waals surface area contributed by atoms with Crippen molar-refractivity contribution in [2.75, 3.05) is 13.1 Å². The van der Waals surface area contributed by atoms with Crippen molar-refractivity contribution in [2.24, 2.45) is 4.99 Å². The van der Waals surface area contributed by atoms with Crippen LogP contribution in [0.4, 0.5) is 13.6 Å². The SMILES string of the molecule is N#CCc1cn(-c2ccc3c(c2)OC(F)(F)O3)c(=NC(=O)N2CCCC2)s1. The molecule has 1 aromatic heterocycles. The molecule has 27 heavy (non-hydrogen) atoms. The second kappa shape index (κ2) is 6.66. The molecule has 0 spiro atoms. The zero-order valence-corrected chi connectivity index (χ0v) is 14.8. The van der Waals surface area contributed by atoms with E-state index in [1.807, 2.05) is 0 Å². The minimum absolute atomic E-state index is 0.0662. The molecule has 2 amide bonds. The molecule has 7 nitrogen and oxygen atoms in total. The first-order valence-electron chi connectivity index (χ1n) is 8.27. The molecule has 140 valence electrons. The van der Waals surface area contributed by atoms with E-state index in [1.165, 1.54) is 23.5 Å². The molecule has 10 heteroatoms. The van der Waals surface area contributed by atoms with Gasteiger partial charge in [-0.05, 0) is 25.0 Å². The number of hydrogen-bond donors (Lipinski definition) is 0. The number of alkyl halides is 2. The summed E-state index contributed by atoms with van der Waals surface area (Å²) in [5, 5.41) is 8.95. The lowest BCUT2D eigenvalue weighted by Gasteiger charge is -2.10. The van der Waals surface area contributed by atoms with Crippen molar-refractivity contribution in [3.63, 3.8) is 0 Å². The number of likely N-dealkylation sites (tertiary alicyclic amines) is 1. The summed E-state index contributed by atoms with van der Waals surface area (Å²) < 4.78 is 37.0. The minimum atomic E-state index is -3.70. The number of carbonyl (C=O) groups excluding carboxylic acids is 1. The Morgan fingerprint density at radius 3 is 2.78 bits per heavy atom. The van der Waals surface area contributed by atoms with Crippen LogP contribution < -0.4 is 14.3 Å². The molecular weight excluding hydrogens is 378 g/mol. The normalized spacial score (nSPS) is 18.0. The lowest BCUT2D eigenvalue weighted by molar-refractivity contribution is -0.286. The number of rotatable bonds is 2. The molecule has 0 radical (unpaired) electrons. The summed E-state index contributed by atoms with van der Waals surface area (Å²) in [7, 11) is 0. The third kappa shape index (κ3) is 3.50. The van der Waals surface area contributed by atoms with Crippen molar-refractivity contribution in [1.29, 1.82) is 5.26 Å². The average molecular weight is 392 g/mol. The van der Waals surface area contributed by atoms with Crippen molar-refractivity contribution in [3.8, 4) is 23.3 Å². The molecule has 1 aromatic carbocycles. The van der Waals surface area contributed by atoms with Crippen LogP contribution in [0, 0.1) is 11.3 Å². The molecule has 2 aliphatic rings. The number of fused-ring (bicyclic) bond motifs is 1. The van der Waals surface area contributed by atoms with Gasteiger partial charge in [0.2, 0.25) is 0 Å². The van der Waals surface area contributed by atoms with Crippen LogP contribution in [0.2, 0.25) is 0 Å². The van der Waals surface area contributed by atoms with Gasteiger partial charge in [-0.3, -0.25) is 4.57 Å². The number of halogens is 2. The molecule has 3 heterocycles. The Morgan fingerprint density at radius 1 is 1.30 bits per heavy atom. The third-order valence-electron chi connectivity index (χ3n) is 4.19. The molecule has 0 saturated carbocycles. The predicted molar refractivity (Wildman–Crippen MR) is 90.9 cm³/mol. The van der Waals surface area contributed by atoms with Crippen molar-refractivity contribution in [2.45, 2.75) is 25.6 Å². The monoisotopic (exact) mass is 392 g/mol. The van der Waals surface area contributed by atoms with E-state index in [2.05, 4.69) is 20.5 Å². The molecular formula is C17H14F2N4O3S. The smallest absolute Gasteiger partial charge is 0.395 e. The standard InChI is InChI=1S/C17H14F2N4O3S/c18-17(19)25-13-4-3-11(9-14(13)26-17)23-10-12(5-6-20)27-16(23)21-15(24)22-7-1-2-8-22/h3-4,9-10H,1-2,5,7-8H2. The quantitative estimate of drug-likeness (QED) is 0.787. The Kier molecular flexibility index (Phi) is 4.31. The van der Waals surface area contributed by atoms with E-state index in [0.717, 1.165) is 12.8 Å². The topological polar surface area (TPSA) is 79.9 Å². The molecule has 2 aromatic rings. The summed E-state index contributed by atoms with van der Waals surface area (Å²) in [6, 6.07) is 6.02. The van der Waals surface area contributed by atoms with Crippen molar-refractivity contribution < 1.29 is 23.0 Å². The van der Waals surface area contributed by atoms with E-state index < -0.39 is 6.29 Å². The second-order valence-corrected chi connectivity index (χ2v) is 7.17. The second-order valence-electron chi connectivity index (χ2n) is 6.07. The summed E-state index contributed by atoms with van der Waals surface area (Å²) in [5.74, 6) is -0.168. The number of amides is 2. The first kappa shape index (κ1) is 17.5. The number of nitriles is 1. The fraction of sp³-hybridized carbons (Fsp3) is 0.353. The van der Waals surface area contributed by atoms with Gasteiger partial charge in [-0.25, -0.2) is 4.79 Å². The van der Waals surface area contributed by atoms with Gasteiger partial charge in [0.15, 0.2) is 16.3 Å². The first-order valence-corrected chi connectivity index (χ1v) is 9.09. The lowest BCUT2D eigenvalue weighted by atomic mass is 10.2. The van der Waals surface area contributed by atoms with E-state index >= 15 is 0 Å². The Hall–Kier alpha value is -2.93. The number of hydrogen-bond acceptors (Lipinski definition) is 5. The van der Waals surface area contributed by atoms with Crippen LogP contribution in [0.3, 0.4) is 0 Å². The highest BCUT2D eigenvalue weighted by Gasteiger charge is 2.43. The van der Waals surface area contributed by atoms with Gasteiger partial charge in [-0.2, -0.15) is 10.3 Å².